The zero-order chi connectivity index (χ0) is 9.80. The van der Waals surface area contributed by atoms with E-state index in [0.717, 1.165) is 12.1 Å². The Morgan fingerprint density at radius 2 is 2.00 bits per heavy atom. The Labute approximate surface area is 87.8 Å². The molecule has 0 spiro atoms. The van der Waals surface area contributed by atoms with Crippen LogP contribution in [0.5, 0.6) is 0 Å². The third-order valence-electron chi connectivity index (χ3n) is 3.68. The molecule has 0 aromatic rings. The molecule has 2 fully saturated rings. The van der Waals surface area contributed by atoms with Crippen LogP contribution in [0.2, 0.25) is 0 Å². The molecule has 2 heteroatoms. The number of rotatable bonds is 4. The first-order valence-electron chi connectivity index (χ1n) is 6.34. The molecule has 2 rings (SSSR count). The molecule has 1 heterocycles. The minimum atomic E-state index is 0.702. The second kappa shape index (κ2) is 5.13. The second-order valence-corrected chi connectivity index (χ2v) is 5.08. The Morgan fingerprint density at radius 3 is 2.64 bits per heavy atom. The summed E-state index contributed by atoms with van der Waals surface area (Å²) in [4.78, 5) is 0. The first-order valence-corrected chi connectivity index (χ1v) is 6.34. The van der Waals surface area contributed by atoms with Crippen LogP contribution in [0.3, 0.4) is 0 Å². The van der Waals surface area contributed by atoms with Crippen molar-refractivity contribution in [1.82, 2.24) is 10.6 Å². The van der Waals surface area contributed by atoms with Gasteiger partial charge in [0, 0.05) is 18.1 Å². The summed E-state index contributed by atoms with van der Waals surface area (Å²) in [5.74, 6) is 0. The molecule has 2 unspecified atom stereocenters. The maximum absolute atomic E-state index is 3.77. The van der Waals surface area contributed by atoms with Gasteiger partial charge in [0.15, 0.2) is 0 Å². The topological polar surface area (TPSA) is 24.1 Å². The lowest BCUT2D eigenvalue weighted by Gasteiger charge is -2.22. The van der Waals surface area contributed by atoms with E-state index < -0.39 is 0 Å². The summed E-state index contributed by atoms with van der Waals surface area (Å²) in [5.41, 5.74) is 0. The molecule has 14 heavy (non-hydrogen) atoms. The van der Waals surface area contributed by atoms with E-state index in [1.807, 2.05) is 0 Å². The Bertz CT molecular complexity index is 140. The predicted octanol–water partition coefficient (Wildman–Crippen LogP) is 2.05. The molecular weight excluding hydrogens is 172 g/mol. The third kappa shape index (κ3) is 2.96. The third-order valence-corrected chi connectivity index (χ3v) is 3.68. The highest BCUT2D eigenvalue weighted by Crippen LogP contribution is 2.19. The Morgan fingerprint density at radius 1 is 1.21 bits per heavy atom. The summed E-state index contributed by atoms with van der Waals surface area (Å²) >= 11 is 0. The van der Waals surface area contributed by atoms with Gasteiger partial charge in [0.1, 0.15) is 0 Å². The first-order chi connectivity index (χ1) is 6.84. The van der Waals surface area contributed by atoms with E-state index in [4.69, 9.17) is 0 Å². The molecule has 0 amide bonds. The standard InChI is InChI=1S/C12H24N2/c1-10(9-12-7-4-8-13-12)14-11-5-2-3-6-11/h10-14H,2-9H2,1H3. The lowest BCUT2D eigenvalue weighted by atomic mass is 10.1. The highest BCUT2D eigenvalue weighted by atomic mass is 15.0. The summed E-state index contributed by atoms with van der Waals surface area (Å²) in [7, 11) is 0. The van der Waals surface area contributed by atoms with Gasteiger partial charge in [-0.2, -0.15) is 0 Å². The van der Waals surface area contributed by atoms with Crippen molar-refractivity contribution >= 4 is 0 Å². The molecule has 1 saturated carbocycles. The van der Waals surface area contributed by atoms with Crippen molar-refractivity contribution in [2.45, 2.75) is 70.0 Å². The molecule has 2 atom stereocenters. The molecule has 1 aliphatic heterocycles. The van der Waals surface area contributed by atoms with Gasteiger partial charge in [-0.15, -0.1) is 0 Å². The van der Waals surface area contributed by atoms with Crippen LogP contribution >= 0.6 is 0 Å². The Hall–Kier alpha value is -0.0800. The predicted molar refractivity (Wildman–Crippen MR) is 60.5 cm³/mol. The zero-order valence-corrected chi connectivity index (χ0v) is 9.39. The smallest absolute Gasteiger partial charge is 0.00822 e. The average Bonchev–Trinajstić information content (AvgIpc) is 2.76. The van der Waals surface area contributed by atoms with Gasteiger partial charge >= 0.3 is 0 Å². The Kier molecular flexibility index (Phi) is 3.82. The lowest BCUT2D eigenvalue weighted by Crippen LogP contribution is -2.38. The van der Waals surface area contributed by atoms with E-state index in [0.29, 0.717) is 6.04 Å². The largest absolute Gasteiger partial charge is 0.314 e. The van der Waals surface area contributed by atoms with Crippen LogP contribution in [0.15, 0.2) is 0 Å². The molecule has 0 bridgehead atoms. The monoisotopic (exact) mass is 196 g/mol. The van der Waals surface area contributed by atoms with Gasteiger partial charge in [0.05, 0.1) is 0 Å². The van der Waals surface area contributed by atoms with Gasteiger partial charge in [-0.25, -0.2) is 0 Å². The summed E-state index contributed by atoms with van der Waals surface area (Å²) in [6.07, 6.45) is 9.76. The van der Waals surface area contributed by atoms with Crippen LogP contribution in [0, 0.1) is 0 Å². The fraction of sp³-hybridized carbons (Fsp3) is 1.00. The van der Waals surface area contributed by atoms with E-state index in [9.17, 15) is 0 Å². The minimum absolute atomic E-state index is 0.702. The quantitative estimate of drug-likeness (QED) is 0.719. The van der Waals surface area contributed by atoms with Gasteiger partial charge in [-0.1, -0.05) is 12.8 Å². The van der Waals surface area contributed by atoms with E-state index in [-0.39, 0.29) is 0 Å². The van der Waals surface area contributed by atoms with Crippen LogP contribution < -0.4 is 10.6 Å². The summed E-state index contributed by atoms with van der Waals surface area (Å²) < 4.78 is 0. The van der Waals surface area contributed by atoms with Crippen molar-refractivity contribution in [3.63, 3.8) is 0 Å². The van der Waals surface area contributed by atoms with E-state index in [1.54, 1.807) is 0 Å². The molecule has 1 aliphatic carbocycles. The van der Waals surface area contributed by atoms with Crippen LogP contribution in [0.1, 0.15) is 51.9 Å². The number of hydrogen-bond acceptors (Lipinski definition) is 2. The van der Waals surface area contributed by atoms with Crippen molar-refractivity contribution in [2.75, 3.05) is 6.54 Å². The fourth-order valence-corrected chi connectivity index (χ4v) is 2.95. The number of hydrogen-bond donors (Lipinski definition) is 2. The molecule has 0 aromatic carbocycles. The van der Waals surface area contributed by atoms with Crippen molar-refractivity contribution in [1.29, 1.82) is 0 Å². The molecule has 1 saturated heterocycles. The molecule has 2 aliphatic rings. The fourth-order valence-electron chi connectivity index (χ4n) is 2.95. The van der Waals surface area contributed by atoms with Crippen molar-refractivity contribution in [3.05, 3.63) is 0 Å². The van der Waals surface area contributed by atoms with Crippen LogP contribution in [0.25, 0.3) is 0 Å². The van der Waals surface area contributed by atoms with E-state index in [2.05, 4.69) is 17.6 Å². The van der Waals surface area contributed by atoms with Gasteiger partial charge in [0.25, 0.3) is 0 Å². The minimum Gasteiger partial charge on any atom is -0.314 e. The highest BCUT2D eigenvalue weighted by Gasteiger charge is 2.20. The van der Waals surface area contributed by atoms with Crippen molar-refractivity contribution in [3.8, 4) is 0 Å². The van der Waals surface area contributed by atoms with Crippen LogP contribution in [0.4, 0.5) is 0 Å². The van der Waals surface area contributed by atoms with Gasteiger partial charge in [-0.05, 0) is 45.6 Å². The average molecular weight is 196 g/mol. The molecular formula is C12H24N2. The van der Waals surface area contributed by atoms with E-state index >= 15 is 0 Å². The van der Waals surface area contributed by atoms with Crippen molar-refractivity contribution < 1.29 is 0 Å². The number of nitrogens with one attached hydrogen (secondary N) is 2. The lowest BCUT2D eigenvalue weighted by molar-refractivity contribution is 0.393. The summed E-state index contributed by atoms with van der Waals surface area (Å²) in [5, 5.41) is 7.34. The van der Waals surface area contributed by atoms with Crippen molar-refractivity contribution in [2.24, 2.45) is 0 Å². The zero-order valence-electron chi connectivity index (χ0n) is 9.39. The second-order valence-electron chi connectivity index (χ2n) is 5.08. The maximum atomic E-state index is 3.77. The normalized spacial score (nSPS) is 31.1. The molecule has 82 valence electrons. The molecule has 2 nitrogen and oxygen atoms in total. The first kappa shape index (κ1) is 10.4. The molecule has 0 aromatic heterocycles. The summed E-state index contributed by atoms with van der Waals surface area (Å²) in [6.45, 7) is 3.58. The van der Waals surface area contributed by atoms with Gasteiger partial charge < -0.3 is 10.6 Å². The van der Waals surface area contributed by atoms with Crippen LogP contribution in [-0.2, 0) is 0 Å². The van der Waals surface area contributed by atoms with Crippen LogP contribution in [-0.4, -0.2) is 24.7 Å². The van der Waals surface area contributed by atoms with E-state index in [1.165, 1.54) is 51.5 Å². The maximum Gasteiger partial charge on any atom is 0.00822 e. The summed E-state index contributed by atoms with van der Waals surface area (Å²) in [6, 6.07) is 2.32. The highest BCUT2D eigenvalue weighted by molar-refractivity contribution is 4.82. The molecule has 0 radical (unpaired) electrons. The van der Waals surface area contributed by atoms with Gasteiger partial charge in [-0.3, -0.25) is 0 Å². The molecule has 2 N–H and O–H groups in total. The Balaban J connectivity index is 1.64. The SMILES string of the molecule is CC(CC1CCCN1)NC1CCCC1. The van der Waals surface area contributed by atoms with Gasteiger partial charge in [0.2, 0.25) is 0 Å².